The summed E-state index contributed by atoms with van der Waals surface area (Å²) in [5.74, 6) is 0.901. The third-order valence-corrected chi connectivity index (χ3v) is 12.3. The molecule has 1 saturated heterocycles. The maximum Gasteiger partial charge on any atom is 0.490 e. The van der Waals surface area contributed by atoms with Crippen LogP contribution in [0.15, 0.2) is 24.4 Å². The molecule has 5 rings (SSSR count). The van der Waals surface area contributed by atoms with Gasteiger partial charge >= 0.3 is 23.5 Å². The van der Waals surface area contributed by atoms with Crippen molar-refractivity contribution in [1.82, 2.24) is 29.5 Å². The zero-order chi connectivity index (χ0) is 35.0. The topological polar surface area (TPSA) is 324 Å². The van der Waals surface area contributed by atoms with Crippen LogP contribution in [0.25, 0.3) is 11.2 Å². The van der Waals surface area contributed by atoms with Crippen molar-refractivity contribution >= 4 is 57.6 Å². The molecule has 0 radical (unpaired) electrons. The summed E-state index contributed by atoms with van der Waals surface area (Å²) in [6.07, 6.45) is -2.03. The first kappa shape index (κ1) is 36.4. The van der Waals surface area contributed by atoms with Gasteiger partial charge in [-0.25, -0.2) is 38.6 Å². The molecular formula is C22H31N9O13P3S+. The van der Waals surface area contributed by atoms with Gasteiger partial charge in [0.1, 0.15) is 41.8 Å². The third-order valence-electron chi connectivity index (χ3n) is 6.91. The zero-order valence-electron chi connectivity index (χ0n) is 25.0. The standard InChI is InChI=1S/C22H30N9O13P3S/c1-11-15(48-10-30(11)6-13-5-25-12(2)29-19(13)23)3-4-40-45(34,35)43-47(38,39)44-46(36,37)41-7-14-17(32)18(33)22(42-14)31-9-28-16-20(24)26-8-27-21(16)31/h5,8-10,14,17-18,22,32-33H,3-4,6-7H2,1-2H3,(H6-,23,24,25,26,27,29,34,35,36,37,38,39)/p+1/t14-,17-,18-,22-/m1/s1. The molecule has 22 nitrogen and oxygen atoms in total. The minimum Gasteiger partial charge on any atom is -0.387 e. The summed E-state index contributed by atoms with van der Waals surface area (Å²) in [5, 5.41) is 20.9. The number of fused-ring (bicyclic) bond motifs is 1. The molecule has 1 aliphatic rings. The Morgan fingerprint density at radius 3 is 2.40 bits per heavy atom. The minimum absolute atomic E-state index is 0.0425. The normalized spacial score (nSPS) is 23.6. The van der Waals surface area contributed by atoms with Crippen LogP contribution in [-0.4, -0.2) is 85.9 Å². The molecule has 5 heterocycles. The highest BCUT2D eigenvalue weighted by molar-refractivity contribution is 7.66. The van der Waals surface area contributed by atoms with Gasteiger partial charge in [-0.15, -0.1) is 0 Å². The van der Waals surface area contributed by atoms with E-state index in [0.717, 1.165) is 16.9 Å². The molecular weight excluding hydrogens is 723 g/mol. The van der Waals surface area contributed by atoms with E-state index < -0.39 is 61.2 Å². The van der Waals surface area contributed by atoms with E-state index >= 15 is 0 Å². The van der Waals surface area contributed by atoms with Crippen molar-refractivity contribution in [2.24, 2.45) is 0 Å². The number of phosphoric ester groups is 2. The monoisotopic (exact) mass is 754 g/mol. The number of aryl methyl sites for hydroxylation is 1. The molecule has 7 atom stereocenters. The lowest BCUT2D eigenvalue weighted by atomic mass is 10.1. The number of aliphatic hydroxyl groups is 2. The van der Waals surface area contributed by atoms with Gasteiger partial charge in [-0.1, -0.05) is 11.3 Å². The molecule has 0 aliphatic carbocycles. The van der Waals surface area contributed by atoms with Gasteiger partial charge in [-0.2, -0.15) is 13.2 Å². The first-order chi connectivity index (χ1) is 22.5. The molecule has 0 amide bonds. The van der Waals surface area contributed by atoms with Crippen LogP contribution in [0.2, 0.25) is 0 Å². The number of thiazole rings is 1. The quantitative estimate of drug-likeness (QED) is 0.0659. The van der Waals surface area contributed by atoms with E-state index in [1.807, 2.05) is 4.57 Å². The fraction of sp³-hybridized carbons (Fsp3) is 0.455. The molecule has 1 fully saturated rings. The average molecular weight is 755 g/mol. The van der Waals surface area contributed by atoms with Crippen molar-refractivity contribution in [3.8, 4) is 0 Å². The Bertz CT molecular complexity index is 1950. The van der Waals surface area contributed by atoms with Crippen LogP contribution in [0.3, 0.4) is 0 Å². The molecule has 26 heteroatoms. The largest absolute Gasteiger partial charge is 0.490 e. The van der Waals surface area contributed by atoms with Crippen molar-refractivity contribution in [3.05, 3.63) is 46.3 Å². The Kier molecular flexibility index (Phi) is 10.8. The molecule has 0 saturated carbocycles. The molecule has 3 unspecified atom stereocenters. The molecule has 4 aromatic rings. The number of ether oxygens (including phenoxy) is 1. The fourth-order valence-corrected chi connectivity index (χ4v) is 9.05. The van der Waals surface area contributed by atoms with Crippen LogP contribution in [-0.2, 0) is 49.1 Å². The Morgan fingerprint density at radius 1 is 0.979 bits per heavy atom. The van der Waals surface area contributed by atoms with Crippen molar-refractivity contribution in [3.63, 3.8) is 0 Å². The second-order valence-electron chi connectivity index (χ2n) is 10.3. The molecule has 9 N–H and O–H groups in total. The first-order valence-corrected chi connectivity index (χ1v) is 19.0. The number of nitrogens with zero attached hydrogens (tertiary/aromatic N) is 7. The molecule has 0 spiro atoms. The number of phosphoric acid groups is 3. The lowest BCUT2D eigenvalue weighted by Gasteiger charge is -2.20. The number of aromatic nitrogens is 7. The summed E-state index contributed by atoms with van der Waals surface area (Å²) in [5.41, 5.74) is 15.3. The number of hydrogen-bond donors (Lipinski definition) is 7. The first-order valence-electron chi connectivity index (χ1n) is 13.6. The van der Waals surface area contributed by atoms with Gasteiger partial charge in [0.2, 0.25) is 5.51 Å². The number of aliphatic hydroxyl groups excluding tert-OH is 2. The van der Waals surface area contributed by atoms with E-state index in [-0.39, 0.29) is 23.4 Å². The Morgan fingerprint density at radius 2 is 1.69 bits per heavy atom. The third kappa shape index (κ3) is 8.47. The number of imidazole rings is 1. The molecule has 1 aliphatic heterocycles. The van der Waals surface area contributed by atoms with Gasteiger partial charge in [-0.05, 0) is 6.92 Å². The van der Waals surface area contributed by atoms with Crippen LogP contribution in [0, 0.1) is 13.8 Å². The van der Waals surface area contributed by atoms with E-state index in [4.69, 9.17) is 20.7 Å². The van der Waals surface area contributed by atoms with Gasteiger partial charge in [0.25, 0.3) is 0 Å². The summed E-state index contributed by atoms with van der Waals surface area (Å²) in [4.78, 5) is 50.7. The number of nitrogens with two attached hydrogens (primary N) is 2. The van der Waals surface area contributed by atoms with Crippen LogP contribution in [0.5, 0.6) is 0 Å². The van der Waals surface area contributed by atoms with Crippen molar-refractivity contribution in [2.75, 3.05) is 24.7 Å². The van der Waals surface area contributed by atoms with Gasteiger partial charge in [-0.3, -0.25) is 13.6 Å². The average Bonchev–Trinajstić information content (AvgIpc) is 3.64. The lowest BCUT2D eigenvalue weighted by molar-refractivity contribution is -0.689. The molecule has 4 aromatic heterocycles. The number of hydrogen-bond acceptors (Lipinski definition) is 18. The molecule has 262 valence electrons. The predicted octanol–water partition coefficient (Wildman–Crippen LogP) is 0.0243. The van der Waals surface area contributed by atoms with E-state index in [0.29, 0.717) is 23.8 Å². The number of nitrogen functional groups attached to an aromatic ring is 2. The van der Waals surface area contributed by atoms with Crippen molar-refractivity contribution in [1.29, 1.82) is 0 Å². The molecule has 0 aromatic carbocycles. The van der Waals surface area contributed by atoms with E-state index in [1.165, 1.54) is 22.2 Å². The van der Waals surface area contributed by atoms with E-state index in [2.05, 4.69) is 38.1 Å². The SMILES string of the molecule is Cc1ncc(C[n+]2csc(CCOP(=O)(O)OP(=O)(O)OP(=O)(O)OC[C@H]3O[C@@H](n4cnc5c(N)ncnc54)[C@H](O)[C@@H]3O)c2C)c(N)n1. The van der Waals surface area contributed by atoms with Gasteiger partial charge in [0.15, 0.2) is 29.9 Å². The highest BCUT2D eigenvalue weighted by Crippen LogP contribution is 2.67. The maximum atomic E-state index is 12.4. The summed E-state index contributed by atoms with van der Waals surface area (Å²) in [6.45, 7) is 2.46. The summed E-state index contributed by atoms with van der Waals surface area (Å²) < 4.78 is 63.4. The number of rotatable bonds is 14. The van der Waals surface area contributed by atoms with Crippen LogP contribution in [0.4, 0.5) is 11.6 Å². The van der Waals surface area contributed by atoms with Crippen LogP contribution < -0.4 is 16.0 Å². The molecule has 0 bridgehead atoms. The smallest absolute Gasteiger partial charge is 0.387 e. The highest BCUT2D eigenvalue weighted by atomic mass is 32.1. The zero-order valence-corrected chi connectivity index (χ0v) is 28.5. The number of anilines is 2. The summed E-state index contributed by atoms with van der Waals surface area (Å²) >= 11 is 1.31. The summed E-state index contributed by atoms with van der Waals surface area (Å²) in [6, 6.07) is 0. The fourth-order valence-electron chi connectivity index (χ4n) is 4.56. The van der Waals surface area contributed by atoms with Gasteiger partial charge in [0, 0.05) is 19.5 Å². The van der Waals surface area contributed by atoms with Crippen molar-refractivity contribution < 1.29 is 65.6 Å². The van der Waals surface area contributed by atoms with E-state index in [1.54, 1.807) is 25.6 Å². The van der Waals surface area contributed by atoms with Gasteiger partial charge < -0.3 is 41.1 Å². The van der Waals surface area contributed by atoms with Crippen LogP contribution in [0.1, 0.15) is 28.2 Å². The highest BCUT2D eigenvalue weighted by Gasteiger charge is 2.47. The predicted molar refractivity (Wildman–Crippen MR) is 162 cm³/mol. The minimum atomic E-state index is -5.77. The Hall–Kier alpha value is -2.85. The van der Waals surface area contributed by atoms with Crippen LogP contribution >= 0.6 is 34.8 Å². The second-order valence-corrected chi connectivity index (χ2v) is 15.8. The molecule has 48 heavy (non-hydrogen) atoms. The Labute approximate surface area is 274 Å². The van der Waals surface area contributed by atoms with E-state index in [9.17, 15) is 38.6 Å². The maximum absolute atomic E-state index is 12.4. The Balaban J connectivity index is 1.11. The van der Waals surface area contributed by atoms with Crippen molar-refractivity contribution in [2.45, 2.75) is 51.4 Å². The summed E-state index contributed by atoms with van der Waals surface area (Å²) in [7, 11) is -16.6. The second kappa shape index (κ2) is 14.2. The van der Waals surface area contributed by atoms with Gasteiger partial charge in [0.05, 0.1) is 30.0 Å². The lowest BCUT2D eigenvalue weighted by Crippen LogP contribution is -2.35.